The van der Waals surface area contributed by atoms with Crippen LogP contribution < -0.4 is 0 Å². The monoisotopic (exact) mass is 434 g/mol. The van der Waals surface area contributed by atoms with Crippen LogP contribution in [0.2, 0.25) is 0 Å². The third-order valence-electron chi connectivity index (χ3n) is 5.55. The Balaban J connectivity index is 1.67. The normalized spacial score (nSPS) is 18.2. The number of aromatic nitrogens is 2. The molecule has 1 heterocycles. The summed E-state index contributed by atoms with van der Waals surface area (Å²) in [6.07, 6.45) is 4.64. The minimum Gasteiger partial charge on any atom is -0.478 e. The summed E-state index contributed by atoms with van der Waals surface area (Å²) in [4.78, 5) is 15.5. The van der Waals surface area contributed by atoms with E-state index >= 15 is 0 Å². The van der Waals surface area contributed by atoms with E-state index in [0.29, 0.717) is 31.1 Å². The van der Waals surface area contributed by atoms with Crippen molar-refractivity contribution in [2.45, 2.75) is 20.3 Å². The van der Waals surface area contributed by atoms with Crippen LogP contribution in [-0.4, -0.2) is 34.4 Å². The SMILES string of the molecule is CCOCC1(C)CC(c2nc(-c3ccc(C(=O)O)c(F)c3)no2)=CC=C1c1ccccc1. The molecule has 0 bridgehead atoms. The zero-order chi connectivity index (χ0) is 22.7. The summed E-state index contributed by atoms with van der Waals surface area (Å²) in [7, 11) is 0. The summed E-state index contributed by atoms with van der Waals surface area (Å²) in [6.45, 7) is 5.25. The molecule has 0 aliphatic heterocycles. The van der Waals surface area contributed by atoms with Gasteiger partial charge >= 0.3 is 5.97 Å². The van der Waals surface area contributed by atoms with Gasteiger partial charge in [-0.1, -0.05) is 54.6 Å². The highest BCUT2D eigenvalue weighted by Crippen LogP contribution is 2.45. The quantitative estimate of drug-likeness (QED) is 0.529. The molecule has 1 aromatic heterocycles. The Kier molecular flexibility index (Phi) is 6.01. The molecule has 6 nitrogen and oxygen atoms in total. The van der Waals surface area contributed by atoms with E-state index < -0.39 is 17.3 Å². The van der Waals surface area contributed by atoms with Crippen LogP contribution >= 0.6 is 0 Å². The molecule has 0 spiro atoms. The second-order valence-electron chi connectivity index (χ2n) is 7.94. The van der Waals surface area contributed by atoms with E-state index in [9.17, 15) is 9.18 Å². The highest BCUT2D eigenvalue weighted by Gasteiger charge is 2.35. The van der Waals surface area contributed by atoms with E-state index in [4.69, 9.17) is 14.4 Å². The predicted octanol–water partition coefficient (Wildman–Crippen LogP) is 5.49. The van der Waals surface area contributed by atoms with Gasteiger partial charge in [-0.3, -0.25) is 0 Å². The molecule has 1 aliphatic rings. The highest BCUT2D eigenvalue weighted by atomic mass is 19.1. The summed E-state index contributed by atoms with van der Waals surface area (Å²) < 4.78 is 25.4. The van der Waals surface area contributed by atoms with Crippen molar-refractivity contribution in [3.05, 3.63) is 83.5 Å². The summed E-state index contributed by atoms with van der Waals surface area (Å²) in [5, 5.41) is 13.0. The van der Waals surface area contributed by atoms with Crippen molar-refractivity contribution < 1.29 is 23.6 Å². The van der Waals surface area contributed by atoms with Crippen LogP contribution in [-0.2, 0) is 4.74 Å². The number of aromatic carboxylic acids is 1. The van der Waals surface area contributed by atoms with Gasteiger partial charge in [-0.25, -0.2) is 9.18 Å². The van der Waals surface area contributed by atoms with Crippen molar-refractivity contribution in [2.24, 2.45) is 5.41 Å². The van der Waals surface area contributed by atoms with Crippen molar-refractivity contribution in [2.75, 3.05) is 13.2 Å². The molecule has 164 valence electrons. The van der Waals surface area contributed by atoms with Gasteiger partial charge in [0.15, 0.2) is 0 Å². The van der Waals surface area contributed by atoms with Gasteiger partial charge in [0.25, 0.3) is 5.89 Å². The number of halogens is 1. The Morgan fingerprint density at radius 2 is 1.97 bits per heavy atom. The molecule has 4 rings (SSSR count). The van der Waals surface area contributed by atoms with Crippen LogP contribution in [0.4, 0.5) is 4.39 Å². The Morgan fingerprint density at radius 3 is 2.66 bits per heavy atom. The highest BCUT2D eigenvalue weighted by molar-refractivity contribution is 5.88. The van der Waals surface area contributed by atoms with Crippen molar-refractivity contribution in [3.8, 4) is 11.4 Å². The number of carboxylic acid groups (broad SMARTS) is 1. The lowest BCUT2D eigenvalue weighted by Gasteiger charge is -2.35. The molecule has 0 amide bonds. The number of allylic oxidation sites excluding steroid dienone is 3. The van der Waals surface area contributed by atoms with Gasteiger partial charge in [0.2, 0.25) is 5.82 Å². The Labute approximate surface area is 185 Å². The molecule has 1 atom stereocenters. The minimum absolute atomic E-state index is 0.195. The fourth-order valence-electron chi connectivity index (χ4n) is 3.92. The number of carboxylic acids is 1. The zero-order valence-corrected chi connectivity index (χ0v) is 17.8. The molecule has 1 N–H and O–H groups in total. The lowest BCUT2D eigenvalue weighted by molar-refractivity contribution is 0.0692. The van der Waals surface area contributed by atoms with Crippen LogP contribution in [0.1, 0.15) is 42.1 Å². The fraction of sp³-hybridized carbons (Fsp3) is 0.240. The van der Waals surface area contributed by atoms with Crippen molar-refractivity contribution in [1.29, 1.82) is 0 Å². The Morgan fingerprint density at radius 1 is 1.19 bits per heavy atom. The average molecular weight is 434 g/mol. The van der Waals surface area contributed by atoms with Crippen molar-refractivity contribution in [1.82, 2.24) is 10.1 Å². The molecular formula is C25H23FN2O4. The summed E-state index contributed by atoms with van der Waals surface area (Å²) in [5.41, 5.74) is 2.79. The van der Waals surface area contributed by atoms with E-state index in [1.54, 1.807) is 0 Å². The third-order valence-corrected chi connectivity index (χ3v) is 5.55. The second kappa shape index (κ2) is 8.88. The molecule has 7 heteroatoms. The largest absolute Gasteiger partial charge is 0.478 e. The molecule has 0 fully saturated rings. The molecule has 0 radical (unpaired) electrons. The maximum absolute atomic E-state index is 14.1. The van der Waals surface area contributed by atoms with Crippen molar-refractivity contribution in [3.63, 3.8) is 0 Å². The van der Waals surface area contributed by atoms with E-state index in [0.717, 1.165) is 17.2 Å². The second-order valence-corrected chi connectivity index (χ2v) is 7.94. The standard InChI is InChI=1S/C25H23FN2O4/c1-3-31-15-25(2)14-18(10-12-20(25)16-7-5-4-6-8-16)23-27-22(28-32-23)17-9-11-19(24(29)30)21(26)13-17/h4-13H,3,14-15H2,1-2H3,(H,29,30). The molecule has 3 aromatic rings. The van der Waals surface area contributed by atoms with Crippen LogP contribution in [0, 0.1) is 11.2 Å². The first-order valence-electron chi connectivity index (χ1n) is 10.3. The third kappa shape index (κ3) is 4.24. The summed E-state index contributed by atoms with van der Waals surface area (Å²) in [5.74, 6) is -1.64. The smallest absolute Gasteiger partial charge is 0.338 e. The van der Waals surface area contributed by atoms with E-state index in [1.165, 1.54) is 17.7 Å². The number of ether oxygens (including phenoxy) is 1. The van der Waals surface area contributed by atoms with Gasteiger partial charge in [-0.05, 0) is 42.7 Å². The van der Waals surface area contributed by atoms with E-state index in [2.05, 4.69) is 35.3 Å². The molecule has 0 saturated heterocycles. The lowest BCUT2D eigenvalue weighted by Crippen LogP contribution is -2.27. The van der Waals surface area contributed by atoms with Crippen LogP contribution in [0.5, 0.6) is 0 Å². The average Bonchev–Trinajstić information content (AvgIpc) is 3.28. The summed E-state index contributed by atoms with van der Waals surface area (Å²) >= 11 is 0. The number of hydrogen-bond acceptors (Lipinski definition) is 5. The fourth-order valence-corrected chi connectivity index (χ4v) is 3.92. The molecule has 1 aliphatic carbocycles. The molecule has 1 unspecified atom stereocenters. The molecule has 2 aromatic carbocycles. The van der Waals surface area contributed by atoms with E-state index in [-0.39, 0.29) is 11.2 Å². The van der Waals surface area contributed by atoms with Crippen molar-refractivity contribution >= 4 is 17.1 Å². The van der Waals surface area contributed by atoms with Gasteiger partial charge in [0.05, 0.1) is 12.2 Å². The first-order chi connectivity index (χ1) is 15.4. The van der Waals surface area contributed by atoms with Crippen LogP contribution in [0.15, 0.2) is 65.2 Å². The first kappa shape index (κ1) is 21.6. The number of carbonyl (C=O) groups is 1. The predicted molar refractivity (Wildman–Crippen MR) is 118 cm³/mol. The molecule has 32 heavy (non-hydrogen) atoms. The number of benzene rings is 2. The zero-order valence-electron chi connectivity index (χ0n) is 17.8. The van der Waals surface area contributed by atoms with Gasteiger partial charge in [0, 0.05) is 23.2 Å². The van der Waals surface area contributed by atoms with Crippen LogP contribution in [0.3, 0.4) is 0 Å². The minimum atomic E-state index is -1.33. The maximum atomic E-state index is 14.1. The van der Waals surface area contributed by atoms with E-state index in [1.807, 2.05) is 31.2 Å². The number of nitrogens with zero attached hydrogens (tertiary/aromatic N) is 2. The van der Waals surface area contributed by atoms with Gasteiger partial charge < -0.3 is 14.4 Å². The molecular weight excluding hydrogens is 411 g/mol. The number of rotatable bonds is 7. The Bertz CT molecular complexity index is 1200. The molecule has 0 saturated carbocycles. The maximum Gasteiger partial charge on any atom is 0.338 e. The topological polar surface area (TPSA) is 85.5 Å². The van der Waals surface area contributed by atoms with Gasteiger partial charge in [-0.15, -0.1) is 0 Å². The number of hydrogen-bond donors (Lipinski definition) is 1. The van der Waals surface area contributed by atoms with Gasteiger partial charge in [-0.2, -0.15) is 4.98 Å². The first-order valence-corrected chi connectivity index (χ1v) is 10.3. The van der Waals surface area contributed by atoms with Crippen LogP contribution in [0.25, 0.3) is 22.5 Å². The lowest BCUT2D eigenvalue weighted by atomic mass is 9.71. The summed E-state index contributed by atoms with van der Waals surface area (Å²) in [6, 6.07) is 13.9. The Hall–Kier alpha value is -3.58. The van der Waals surface area contributed by atoms with Gasteiger partial charge in [0.1, 0.15) is 5.82 Å².